The number of hydrogen-bond donors (Lipinski definition) is 1. The molecule has 1 aliphatic rings. The van der Waals surface area contributed by atoms with Gasteiger partial charge in [-0.1, -0.05) is 26.0 Å². The van der Waals surface area contributed by atoms with E-state index in [1.54, 1.807) is 6.20 Å². The molecule has 1 unspecified atom stereocenters. The molecule has 1 saturated heterocycles. The fourth-order valence-corrected chi connectivity index (χ4v) is 3.55. The first-order chi connectivity index (χ1) is 12.1. The van der Waals surface area contributed by atoms with Crippen LogP contribution in [0.15, 0.2) is 36.7 Å². The van der Waals surface area contributed by atoms with Crippen LogP contribution in [-0.4, -0.2) is 57.6 Å². The van der Waals surface area contributed by atoms with Gasteiger partial charge in [-0.15, -0.1) is 0 Å². The van der Waals surface area contributed by atoms with Crippen LogP contribution in [0.4, 0.5) is 10.5 Å². The topological polar surface area (TPSA) is 53.4 Å². The standard InChI is InChI=1S/C19H27N5O/c1-4-23(5-2)17-9-11-24(14-17)19(25)21-16-8-6-7-15(13-16)18-20-10-12-22(18)3/h6-8,10,12-13,17H,4-5,9,11,14H2,1-3H3,(H,21,25). The van der Waals surface area contributed by atoms with Gasteiger partial charge in [-0.25, -0.2) is 9.78 Å². The third-order valence-corrected chi connectivity index (χ3v) is 4.97. The molecule has 25 heavy (non-hydrogen) atoms. The number of rotatable bonds is 5. The molecule has 1 atom stereocenters. The number of likely N-dealkylation sites (tertiary alicyclic amines) is 1. The number of benzene rings is 1. The van der Waals surface area contributed by atoms with Crippen LogP contribution < -0.4 is 5.32 Å². The Morgan fingerprint density at radius 1 is 1.36 bits per heavy atom. The molecule has 1 aromatic carbocycles. The summed E-state index contributed by atoms with van der Waals surface area (Å²) in [6, 6.07) is 8.29. The lowest BCUT2D eigenvalue weighted by atomic mass is 10.2. The predicted octanol–water partition coefficient (Wildman–Crippen LogP) is 3.04. The van der Waals surface area contributed by atoms with Crippen LogP contribution >= 0.6 is 0 Å². The van der Waals surface area contributed by atoms with Gasteiger partial charge in [0, 0.05) is 49.8 Å². The Balaban J connectivity index is 1.65. The van der Waals surface area contributed by atoms with E-state index in [1.807, 2.05) is 47.0 Å². The largest absolute Gasteiger partial charge is 0.334 e. The number of aromatic nitrogens is 2. The van der Waals surface area contributed by atoms with Gasteiger partial charge >= 0.3 is 6.03 Å². The fraction of sp³-hybridized carbons (Fsp3) is 0.474. The number of amides is 2. The first-order valence-electron chi connectivity index (χ1n) is 9.00. The SMILES string of the molecule is CCN(CC)C1CCN(C(=O)Nc2cccc(-c3nccn3C)c2)C1. The Labute approximate surface area is 149 Å². The van der Waals surface area contributed by atoms with Gasteiger partial charge in [0.1, 0.15) is 5.82 Å². The minimum absolute atomic E-state index is 0.0216. The normalized spacial score (nSPS) is 17.3. The zero-order chi connectivity index (χ0) is 17.8. The number of anilines is 1. The summed E-state index contributed by atoms with van der Waals surface area (Å²) in [5, 5.41) is 3.03. The van der Waals surface area contributed by atoms with E-state index < -0.39 is 0 Å². The maximum Gasteiger partial charge on any atom is 0.321 e. The van der Waals surface area contributed by atoms with Crippen LogP contribution in [0.2, 0.25) is 0 Å². The maximum absolute atomic E-state index is 12.6. The van der Waals surface area contributed by atoms with Crippen LogP contribution in [0, 0.1) is 0 Å². The van der Waals surface area contributed by atoms with Crippen molar-refractivity contribution in [2.45, 2.75) is 26.3 Å². The lowest BCUT2D eigenvalue weighted by Crippen LogP contribution is -2.39. The Hall–Kier alpha value is -2.34. The number of urea groups is 1. The average molecular weight is 341 g/mol. The van der Waals surface area contributed by atoms with Crippen molar-refractivity contribution >= 4 is 11.7 Å². The molecule has 0 aliphatic carbocycles. The number of nitrogens with zero attached hydrogens (tertiary/aromatic N) is 4. The molecule has 6 nitrogen and oxygen atoms in total. The molecule has 1 aliphatic heterocycles. The monoisotopic (exact) mass is 341 g/mol. The number of nitrogens with one attached hydrogen (secondary N) is 1. The Morgan fingerprint density at radius 3 is 2.84 bits per heavy atom. The molecule has 0 saturated carbocycles. The second kappa shape index (κ2) is 7.70. The molecule has 2 heterocycles. The van der Waals surface area contributed by atoms with E-state index in [1.165, 1.54) is 0 Å². The third-order valence-electron chi connectivity index (χ3n) is 4.97. The molecule has 2 aromatic rings. The predicted molar refractivity (Wildman–Crippen MR) is 101 cm³/mol. The van der Waals surface area contributed by atoms with E-state index in [9.17, 15) is 4.79 Å². The van der Waals surface area contributed by atoms with E-state index in [-0.39, 0.29) is 6.03 Å². The average Bonchev–Trinajstić information content (AvgIpc) is 3.26. The summed E-state index contributed by atoms with van der Waals surface area (Å²) in [6.07, 6.45) is 4.73. The van der Waals surface area contributed by atoms with Crippen molar-refractivity contribution in [1.82, 2.24) is 19.4 Å². The lowest BCUT2D eigenvalue weighted by Gasteiger charge is -2.26. The van der Waals surface area contributed by atoms with Crippen molar-refractivity contribution in [3.05, 3.63) is 36.7 Å². The lowest BCUT2D eigenvalue weighted by molar-refractivity contribution is 0.202. The highest BCUT2D eigenvalue weighted by Gasteiger charge is 2.29. The highest BCUT2D eigenvalue weighted by atomic mass is 16.2. The van der Waals surface area contributed by atoms with Crippen LogP contribution in [0.3, 0.4) is 0 Å². The molecule has 2 amide bonds. The fourth-order valence-electron chi connectivity index (χ4n) is 3.55. The smallest absolute Gasteiger partial charge is 0.321 e. The Kier molecular flexibility index (Phi) is 5.38. The van der Waals surface area contributed by atoms with Crippen molar-refractivity contribution in [2.24, 2.45) is 7.05 Å². The van der Waals surface area contributed by atoms with Gasteiger partial charge in [0.2, 0.25) is 0 Å². The van der Waals surface area contributed by atoms with Crippen molar-refractivity contribution in [3.8, 4) is 11.4 Å². The first kappa shape index (κ1) is 17.5. The number of hydrogen-bond acceptors (Lipinski definition) is 3. The zero-order valence-electron chi connectivity index (χ0n) is 15.3. The van der Waals surface area contributed by atoms with Crippen molar-refractivity contribution in [2.75, 3.05) is 31.5 Å². The van der Waals surface area contributed by atoms with Crippen LogP contribution in [0.1, 0.15) is 20.3 Å². The van der Waals surface area contributed by atoms with E-state index in [0.29, 0.717) is 6.04 Å². The minimum Gasteiger partial charge on any atom is -0.334 e. The van der Waals surface area contributed by atoms with Crippen molar-refractivity contribution in [3.63, 3.8) is 0 Å². The molecule has 1 N–H and O–H groups in total. The summed E-state index contributed by atoms with van der Waals surface area (Å²) in [5.74, 6) is 0.888. The summed E-state index contributed by atoms with van der Waals surface area (Å²) in [4.78, 5) is 21.3. The van der Waals surface area contributed by atoms with Gasteiger partial charge in [-0.3, -0.25) is 4.90 Å². The van der Waals surface area contributed by atoms with Gasteiger partial charge in [0.15, 0.2) is 0 Å². The number of carbonyl (C=O) groups is 1. The van der Waals surface area contributed by atoms with Crippen LogP contribution in [0.25, 0.3) is 11.4 Å². The zero-order valence-corrected chi connectivity index (χ0v) is 15.3. The molecular formula is C19H27N5O. The summed E-state index contributed by atoms with van der Waals surface area (Å²) in [7, 11) is 1.96. The van der Waals surface area contributed by atoms with E-state index >= 15 is 0 Å². The molecule has 0 radical (unpaired) electrons. The molecule has 1 aromatic heterocycles. The first-order valence-corrected chi connectivity index (χ1v) is 9.00. The molecule has 134 valence electrons. The molecule has 0 spiro atoms. The molecule has 1 fully saturated rings. The van der Waals surface area contributed by atoms with Gasteiger partial charge in [-0.05, 0) is 31.6 Å². The van der Waals surface area contributed by atoms with Gasteiger partial charge in [0.05, 0.1) is 0 Å². The highest BCUT2D eigenvalue weighted by Crippen LogP contribution is 2.22. The number of imidazole rings is 1. The molecule has 6 heteroatoms. The van der Waals surface area contributed by atoms with Gasteiger partial charge in [0.25, 0.3) is 0 Å². The maximum atomic E-state index is 12.6. The van der Waals surface area contributed by atoms with Crippen LogP contribution in [-0.2, 0) is 7.05 Å². The third kappa shape index (κ3) is 3.85. The number of aryl methyl sites for hydroxylation is 1. The van der Waals surface area contributed by atoms with Gasteiger partial charge in [-0.2, -0.15) is 0 Å². The van der Waals surface area contributed by atoms with Gasteiger partial charge < -0.3 is 14.8 Å². The Bertz CT molecular complexity index is 722. The summed E-state index contributed by atoms with van der Waals surface area (Å²) in [5.41, 5.74) is 1.80. The molecular weight excluding hydrogens is 314 g/mol. The second-order valence-corrected chi connectivity index (χ2v) is 6.48. The van der Waals surface area contributed by atoms with E-state index in [4.69, 9.17) is 0 Å². The summed E-state index contributed by atoms with van der Waals surface area (Å²) in [6.45, 7) is 8.02. The summed E-state index contributed by atoms with van der Waals surface area (Å²) >= 11 is 0. The highest BCUT2D eigenvalue weighted by molar-refractivity contribution is 5.90. The minimum atomic E-state index is -0.0216. The van der Waals surface area contributed by atoms with E-state index in [2.05, 4.69) is 29.0 Å². The van der Waals surface area contributed by atoms with E-state index in [0.717, 1.165) is 49.7 Å². The molecule has 3 rings (SSSR count). The number of carbonyl (C=O) groups excluding carboxylic acids is 1. The molecule has 0 bridgehead atoms. The second-order valence-electron chi connectivity index (χ2n) is 6.48. The quantitative estimate of drug-likeness (QED) is 0.909. The summed E-state index contributed by atoms with van der Waals surface area (Å²) < 4.78 is 1.97. The Morgan fingerprint density at radius 2 is 2.16 bits per heavy atom. The van der Waals surface area contributed by atoms with Crippen molar-refractivity contribution < 1.29 is 4.79 Å². The van der Waals surface area contributed by atoms with Crippen LogP contribution in [0.5, 0.6) is 0 Å². The number of likely N-dealkylation sites (N-methyl/N-ethyl adjacent to an activating group) is 1. The van der Waals surface area contributed by atoms with Crippen molar-refractivity contribution in [1.29, 1.82) is 0 Å².